The highest BCUT2D eigenvalue weighted by molar-refractivity contribution is 5.94. The van der Waals surface area contributed by atoms with E-state index in [1.165, 1.54) is 12.1 Å². The van der Waals surface area contributed by atoms with Gasteiger partial charge in [0.15, 0.2) is 0 Å². The van der Waals surface area contributed by atoms with Crippen LogP contribution < -0.4 is 11.1 Å². The number of aliphatic hydroxyl groups excluding tert-OH is 1. The van der Waals surface area contributed by atoms with Gasteiger partial charge in [0, 0.05) is 18.7 Å². The topological polar surface area (TPSA) is 75.3 Å². The van der Waals surface area contributed by atoms with Crippen LogP contribution in [0.3, 0.4) is 0 Å². The molecule has 19 heavy (non-hydrogen) atoms. The van der Waals surface area contributed by atoms with E-state index in [9.17, 15) is 9.18 Å². The minimum Gasteiger partial charge on any atom is -0.396 e. The zero-order valence-electron chi connectivity index (χ0n) is 11.4. The van der Waals surface area contributed by atoms with E-state index < -0.39 is 5.82 Å². The van der Waals surface area contributed by atoms with Gasteiger partial charge in [-0.2, -0.15) is 0 Å². The fourth-order valence-electron chi connectivity index (χ4n) is 1.74. The maximum atomic E-state index is 13.2. The van der Waals surface area contributed by atoms with Crippen LogP contribution in [0.5, 0.6) is 0 Å². The van der Waals surface area contributed by atoms with Crippen molar-refractivity contribution >= 4 is 11.6 Å². The van der Waals surface area contributed by atoms with Crippen LogP contribution in [0.15, 0.2) is 18.2 Å². The standard InChI is InChI=1S/C14H21FN2O2/c1-14(2,6-3-7-18)9-17-13(19)10-4-5-12(16)11(15)8-10/h4-5,8,18H,3,6-7,9,16H2,1-2H3,(H,17,19). The predicted octanol–water partition coefficient (Wildman–Crippen LogP) is 1.94. The lowest BCUT2D eigenvalue weighted by Crippen LogP contribution is -2.34. The molecule has 1 aromatic rings. The molecule has 0 saturated carbocycles. The molecule has 1 aromatic carbocycles. The van der Waals surface area contributed by atoms with Crippen molar-refractivity contribution in [1.29, 1.82) is 0 Å². The first-order chi connectivity index (χ1) is 8.85. The molecule has 0 radical (unpaired) electrons. The molecule has 0 spiro atoms. The lowest BCUT2D eigenvalue weighted by Gasteiger charge is -2.24. The quantitative estimate of drug-likeness (QED) is 0.690. The van der Waals surface area contributed by atoms with E-state index >= 15 is 0 Å². The van der Waals surface area contributed by atoms with Crippen molar-refractivity contribution in [2.45, 2.75) is 26.7 Å². The van der Waals surface area contributed by atoms with Crippen LogP contribution in [0, 0.1) is 11.2 Å². The van der Waals surface area contributed by atoms with Crippen LogP contribution in [0.25, 0.3) is 0 Å². The molecule has 106 valence electrons. The highest BCUT2D eigenvalue weighted by Crippen LogP contribution is 2.21. The summed E-state index contributed by atoms with van der Waals surface area (Å²) in [6.45, 7) is 4.62. The number of halogens is 1. The van der Waals surface area contributed by atoms with Gasteiger partial charge in [0.05, 0.1) is 5.69 Å². The Hall–Kier alpha value is -1.62. The van der Waals surface area contributed by atoms with E-state index in [2.05, 4.69) is 5.32 Å². The summed E-state index contributed by atoms with van der Waals surface area (Å²) in [4.78, 5) is 11.9. The van der Waals surface area contributed by atoms with E-state index in [0.717, 1.165) is 12.5 Å². The normalized spacial score (nSPS) is 11.4. The van der Waals surface area contributed by atoms with E-state index in [4.69, 9.17) is 10.8 Å². The summed E-state index contributed by atoms with van der Waals surface area (Å²) in [7, 11) is 0. The Balaban J connectivity index is 2.57. The number of benzene rings is 1. The van der Waals surface area contributed by atoms with Crippen LogP contribution in [-0.2, 0) is 0 Å². The highest BCUT2D eigenvalue weighted by atomic mass is 19.1. The second-order valence-corrected chi connectivity index (χ2v) is 5.41. The third kappa shape index (κ3) is 4.87. The first-order valence-electron chi connectivity index (χ1n) is 6.30. The average Bonchev–Trinajstić information content (AvgIpc) is 2.37. The molecule has 0 heterocycles. The van der Waals surface area contributed by atoms with Gasteiger partial charge in [0.1, 0.15) is 5.82 Å². The maximum Gasteiger partial charge on any atom is 0.251 e. The Morgan fingerprint density at radius 1 is 1.47 bits per heavy atom. The van der Waals surface area contributed by atoms with Gasteiger partial charge in [-0.1, -0.05) is 13.8 Å². The Labute approximate surface area is 112 Å². The summed E-state index contributed by atoms with van der Waals surface area (Å²) in [6.07, 6.45) is 1.50. The number of nitrogen functional groups attached to an aromatic ring is 1. The van der Waals surface area contributed by atoms with Crippen LogP contribution in [-0.4, -0.2) is 24.2 Å². The van der Waals surface area contributed by atoms with Crippen molar-refractivity contribution in [1.82, 2.24) is 5.32 Å². The van der Waals surface area contributed by atoms with E-state index in [1.54, 1.807) is 0 Å². The molecule has 0 aromatic heterocycles. The fraction of sp³-hybridized carbons (Fsp3) is 0.500. The third-order valence-corrected chi connectivity index (χ3v) is 3.00. The van der Waals surface area contributed by atoms with E-state index in [1.807, 2.05) is 13.8 Å². The number of anilines is 1. The second-order valence-electron chi connectivity index (χ2n) is 5.41. The molecular weight excluding hydrogens is 247 g/mol. The van der Waals surface area contributed by atoms with Gasteiger partial charge >= 0.3 is 0 Å². The number of hydrogen-bond acceptors (Lipinski definition) is 3. The Kier molecular flexibility index (Phi) is 5.30. The van der Waals surface area contributed by atoms with Crippen molar-refractivity contribution in [3.63, 3.8) is 0 Å². The fourth-order valence-corrected chi connectivity index (χ4v) is 1.74. The lowest BCUT2D eigenvalue weighted by atomic mass is 9.88. The molecule has 0 atom stereocenters. The van der Waals surface area contributed by atoms with Crippen LogP contribution >= 0.6 is 0 Å². The summed E-state index contributed by atoms with van der Waals surface area (Å²) in [6, 6.07) is 4.00. The zero-order chi connectivity index (χ0) is 14.5. The SMILES string of the molecule is CC(C)(CCCO)CNC(=O)c1ccc(N)c(F)c1. The van der Waals surface area contributed by atoms with Gasteiger partial charge in [0.2, 0.25) is 0 Å². The Morgan fingerprint density at radius 2 is 2.16 bits per heavy atom. The number of nitrogens with one attached hydrogen (secondary N) is 1. The molecule has 1 rings (SSSR count). The summed E-state index contributed by atoms with van der Waals surface area (Å²) in [5, 5.41) is 11.6. The monoisotopic (exact) mass is 268 g/mol. The molecule has 0 aliphatic carbocycles. The molecule has 0 unspecified atom stereocenters. The Bertz CT molecular complexity index is 447. The highest BCUT2D eigenvalue weighted by Gasteiger charge is 2.19. The number of carbonyl (C=O) groups is 1. The number of nitrogens with two attached hydrogens (primary N) is 1. The molecule has 4 N–H and O–H groups in total. The van der Waals surface area contributed by atoms with Crippen molar-refractivity contribution in [3.05, 3.63) is 29.6 Å². The predicted molar refractivity (Wildman–Crippen MR) is 73.2 cm³/mol. The average molecular weight is 268 g/mol. The van der Waals surface area contributed by atoms with Gasteiger partial charge in [-0.05, 0) is 36.5 Å². The lowest BCUT2D eigenvalue weighted by molar-refractivity contribution is 0.0932. The van der Waals surface area contributed by atoms with Crippen molar-refractivity contribution in [2.75, 3.05) is 18.9 Å². The van der Waals surface area contributed by atoms with Gasteiger partial charge in [-0.15, -0.1) is 0 Å². The second kappa shape index (κ2) is 6.52. The van der Waals surface area contributed by atoms with Crippen LogP contribution in [0.2, 0.25) is 0 Å². The molecule has 0 saturated heterocycles. The smallest absolute Gasteiger partial charge is 0.251 e. The number of amides is 1. The minimum absolute atomic E-state index is 0.0276. The molecular formula is C14H21FN2O2. The van der Waals surface area contributed by atoms with Gasteiger partial charge in [0.25, 0.3) is 5.91 Å². The summed E-state index contributed by atoms with van der Waals surface area (Å²) >= 11 is 0. The summed E-state index contributed by atoms with van der Waals surface area (Å²) < 4.78 is 13.2. The molecule has 0 fully saturated rings. The molecule has 4 nitrogen and oxygen atoms in total. The van der Waals surface area contributed by atoms with Crippen molar-refractivity contribution in [3.8, 4) is 0 Å². The van der Waals surface area contributed by atoms with Crippen molar-refractivity contribution < 1.29 is 14.3 Å². The van der Waals surface area contributed by atoms with Crippen LogP contribution in [0.1, 0.15) is 37.0 Å². The Morgan fingerprint density at radius 3 is 2.74 bits per heavy atom. The minimum atomic E-state index is -0.591. The first kappa shape index (κ1) is 15.4. The molecule has 1 amide bonds. The largest absolute Gasteiger partial charge is 0.396 e. The van der Waals surface area contributed by atoms with Crippen LogP contribution in [0.4, 0.5) is 10.1 Å². The van der Waals surface area contributed by atoms with E-state index in [0.29, 0.717) is 13.0 Å². The number of hydrogen-bond donors (Lipinski definition) is 3. The zero-order valence-corrected chi connectivity index (χ0v) is 11.4. The van der Waals surface area contributed by atoms with Gasteiger partial charge < -0.3 is 16.2 Å². The first-order valence-corrected chi connectivity index (χ1v) is 6.30. The van der Waals surface area contributed by atoms with Gasteiger partial charge in [-0.3, -0.25) is 4.79 Å². The number of rotatable bonds is 6. The third-order valence-electron chi connectivity index (χ3n) is 3.00. The molecule has 5 heteroatoms. The van der Waals surface area contributed by atoms with Gasteiger partial charge in [-0.25, -0.2) is 4.39 Å². The van der Waals surface area contributed by atoms with E-state index in [-0.39, 0.29) is 29.2 Å². The number of carbonyl (C=O) groups excluding carboxylic acids is 1. The summed E-state index contributed by atoms with van der Waals surface area (Å²) in [5.41, 5.74) is 5.53. The molecule has 0 aliphatic rings. The number of aliphatic hydroxyl groups is 1. The van der Waals surface area contributed by atoms with Crippen molar-refractivity contribution in [2.24, 2.45) is 5.41 Å². The molecule has 0 aliphatic heterocycles. The molecule has 0 bridgehead atoms. The summed E-state index contributed by atoms with van der Waals surface area (Å²) in [5.74, 6) is -0.914. The maximum absolute atomic E-state index is 13.2.